The number of hydrogen-bond donors (Lipinski definition) is 1. The summed E-state index contributed by atoms with van der Waals surface area (Å²) in [7, 11) is 0. The summed E-state index contributed by atoms with van der Waals surface area (Å²) in [5, 5.41) is 14.2. The van der Waals surface area contributed by atoms with Crippen LogP contribution in [0, 0.1) is 13.8 Å². The van der Waals surface area contributed by atoms with Gasteiger partial charge < -0.3 is 9.52 Å². The number of rotatable bonds is 3. The van der Waals surface area contributed by atoms with Crippen molar-refractivity contribution in [2.75, 3.05) is 0 Å². The van der Waals surface area contributed by atoms with Crippen molar-refractivity contribution >= 4 is 17.1 Å². The average Bonchev–Trinajstić information content (AvgIpc) is 2.90. The second-order valence-corrected chi connectivity index (χ2v) is 4.64. The molecule has 0 amide bonds. The van der Waals surface area contributed by atoms with Crippen LogP contribution in [-0.2, 0) is 6.54 Å². The number of pyridine rings is 1. The van der Waals surface area contributed by atoms with Crippen LogP contribution >= 0.6 is 0 Å². The standard InChI is InChI=1S/C14H13N3O3/c1-8-11-9(2)17(7-10-3-5-15-6-4-10)16-13(11)20-12(8)14(18)19/h3-6H,7H2,1-2H3,(H,18,19). The molecule has 3 rings (SSSR count). The highest BCUT2D eigenvalue weighted by molar-refractivity contribution is 5.94. The summed E-state index contributed by atoms with van der Waals surface area (Å²) in [4.78, 5) is 15.0. The van der Waals surface area contributed by atoms with Gasteiger partial charge in [0, 0.05) is 23.7 Å². The molecule has 6 heteroatoms. The van der Waals surface area contributed by atoms with Crippen LogP contribution in [0.1, 0.15) is 27.4 Å². The molecule has 6 nitrogen and oxygen atoms in total. The zero-order valence-corrected chi connectivity index (χ0v) is 11.1. The molecule has 0 spiro atoms. The molecule has 3 heterocycles. The largest absolute Gasteiger partial charge is 0.475 e. The van der Waals surface area contributed by atoms with Gasteiger partial charge in [0.15, 0.2) is 0 Å². The summed E-state index contributed by atoms with van der Waals surface area (Å²) in [6.07, 6.45) is 3.46. The van der Waals surface area contributed by atoms with E-state index in [1.54, 1.807) is 19.3 Å². The number of nitrogens with zero attached hydrogens (tertiary/aromatic N) is 3. The molecule has 0 saturated carbocycles. The van der Waals surface area contributed by atoms with E-state index >= 15 is 0 Å². The Morgan fingerprint density at radius 2 is 2.05 bits per heavy atom. The number of carbonyl (C=O) groups is 1. The van der Waals surface area contributed by atoms with Crippen LogP contribution in [0.25, 0.3) is 11.1 Å². The van der Waals surface area contributed by atoms with Crippen LogP contribution in [0.5, 0.6) is 0 Å². The van der Waals surface area contributed by atoms with E-state index in [1.165, 1.54) is 0 Å². The summed E-state index contributed by atoms with van der Waals surface area (Å²) in [5.74, 6) is -1.11. The Kier molecular flexibility index (Phi) is 2.78. The first kappa shape index (κ1) is 12.4. The summed E-state index contributed by atoms with van der Waals surface area (Å²) in [6, 6.07) is 3.83. The van der Waals surface area contributed by atoms with Gasteiger partial charge in [-0.05, 0) is 31.5 Å². The Labute approximate surface area is 114 Å². The minimum Gasteiger partial charge on any atom is -0.475 e. The maximum absolute atomic E-state index is 11.0. The molecule has 0 aliphatic rings. The SMILES string of the molecule is Cc1c(C(=O)O)oc2nn(Cc3ccncc3)c(C)c12. The fourth-order valence-corrected chi connectivity index (χ4v) is 2.33. The number of aromatic nitrogens is 3. The van der Waals surface area contributed by atoms with Crippen molar-refractivity contribution in [2.45, 2.75) is 20.4 Å². The van der Waals surface area contributed by atoms with Gasteiger partial charge in [0.1, 0.15) is 0 Å². The predicted octanol–water partition coefficient (Wildman–Crippen LogP) is 2.39. The Hall–Kier alpha value is -2.63. The monoisotopic (exact) mass is 271 g/mol. The Bertz CT molecular complexity index is 787. The lowest BCUT2D eigenvalue weighted by molar-refractivity contribution is 0.0663. The molecule has 3 aromatic heterocycles. The molecule has 0 aliphatic carbocycles. The minimum atomic E-state index is -1.07. The Morgan fingerprint density at radius 3 is 2.65 bits per heavy atom. The first-order chi connectivity index (χ1) is 9.58. The maximum atomic E-state index is 11.0. The third kappa shape index (κ3) is 1.85. The lowest BCUT2D eigenvalue weighted by atomic mass is 10.2. The van der Waals surface area contributed by atoms with E-state index in [2.05, 4.69) is 10.1 Å². The topological polar surface area (TPSA) is 81.1 Å². The number of carboxylic acids is 1. The van der Waals surface area contributed by atoms with Crippen molar-refractivity contribution in [3.05, 3.63) is 47.1 Å². The smallest absolute Gasteiger partial charge is 0.372 e. The zero-order valence-electron chi connectivity index (χ0n) is 11.1. The van der Waals surface area contributed by atoms with Crippen LogP contribution in [0.2, 0.25) is 0 Å². The molecule has 0 aliphatic heterocycles. The average molecular weight is 271 g/mol. The number of aryl methyl sites for hydroxylation is 2. The lowest BCUT2D eigenvalue weighted by Crippen LogP contribution is -2.04. The van der Waals surface area contributed by atoms with E-state index in [-0.39, 0.29) is 5.76 Å². The van der Waals surface area contributed by atoms with Crippen LogP contribution in [0.4, 0.5) is 0 Å². The van der Waals surface area contributed by atoms with Crippen LogP contribution in [0.15, 0.2) is 28.9 Å². The molecule has 0 unspecified atom stereocenters. The van der Waals surface area contributed by atoms with Gasteiger partial charge in [-0.15, -0.1) is 5.10 Å². The van der Waals surface area contributed by atoms with Gasteiger partial charge in [-0.2, -0.15) is 0 Å². The summed E-state index contributed by atoms with van der Waals surface area (Å²) < 4.78 is 7.12. The molecule has 0 fully saturated rings. The molecular formula is C14H13N3O3. The van der Waals surface area contributed by atoms with E-state index in [0.29, 0.717) is 17.8 Å². The summed E-state index contributed by atoms with van der Waals surface area (Å²) in [6.45, 7) is 4.24. The van der Waals surface area contributed by atoms with E-state index in [9.17, 15) is 4.79 Å². The fraction of sp³-hybridized carbons (Fsp3) is 0.214. The normalized spacial score (nSPS) is 11.1. The van der Waals surface area contributed by atoms with Gasteiger partial charge in [-0.25, -0.2) is 4.79 Å². The van der Waals surface area contributed by atoms with E-state index < -0.39 is 5.97 Å². The first-order valence-corrected chi connectivity index (χ1v) is 6.16. The molecule has 0 radical (unpaired) electrons. The van der Waals surface area contributed by atoms with Gasteiger partial charge in [0.2, 0.25) is 11.5 Å². The van der Waals surface area contributed by atoms with Crippen molar-refractivity contribution in [1.29, 1.82) is 0 Å². The number of carboxylic acid groups (broad SMARTS) is 1. The number of hydrogen-bond acceptors (Lipinski definition) is 4. The van der Waals surface area contributed by atoms with Gasteiger partial charge in [-0.1, -0.05) is 0 Å². The Morgan fingerprint density at radius 1 is 1.35 bits per heavy atom. The first-order valence-electron chi connectivity index (χ1n) is 6.16. The van der Waals surface area contributed by atoms with Crippen molar-refractivity contribution in [3.63, 3.8) is 0 Å². The lowest BCUT2D eigenvalue weighted by Gasteiger charge is -2.04. The Balaban J connectivity index is 2.06. The highest BCUT2D eigenvalue weighted by Gasteiger charge is 2.21. The highest BCUT2D eigenvalue weighted by Crippen LogP contribution is 2.28. The number of fused-ring (bicyclic) bond motifs is 1. The second kappa shape index (κ2) is 4.48. The molecule has 20 heavy (non-hydrogen) atoms. The second-order valence-electron chi connectivity index (χ2n) is 4.64. The molecule has 3 aromatic rings. The zero-order chi connectivity index (χ0) is 14.3. The van der Waals surface area contributed by atoms with Crippen molar-refractivity contribution in [2.24, 2.45) is 0 Å². The molecule has 1 N–H and O–H groups in total. The van der Waals surface area contributed by atoms with Crippen LogP contribution < -0.4 is 0 Å². The van der Waals surface area contributed by atoms with Crippen LogP contribution in [-0.4, -0.2) is 25.8 Å². The molecule has 0 bridgehead atoms. The number of aromatic carboxylic acids is 1. The molecule has 0 atom stereocenters. The molecule has 0 aromatic carbocycles. The van der Waals surface area contributed by atoms with Gasteiger partial charge in [0.25, 0.3) is 0 Å². The third-order valence-electron chi connectivity index (χ3n) is 3.36. The van der Waals surface area contributed by atoms with Crippen molar-refractivity contribution < 1.29 is 14.3 Å². The van der Waals surface area contributed by atoms with Crippen molar-refractivity contribution in [1.82, 2.24) is 14.8 Å². The minimum absolute atomic E-state index is 0.0401. The quantitative estimate of drug-likeness (QED) is 0.791. The maximum Gasteiger partial charge on any atom is 0.372 e. The summed E-state index contributed by atoms with van der Waals surface area (Å²) in [5.41, 5.74) is 2.95. The molecule has 102 valence electrons. The van der Waals surface area contributed by atoms with E-state index in [1.807, 2.05) is 23.7 Å². The van der Waals surface area contributed by atoms with Gasteiger partial charge >= 0.3 is 5.97 Å². The molecular weight excluding hydrogens is 258 g/mol. The highest BCUT2D eigenvalue weighted by atomic mass is 16.4. The van der Waals surface area contributed by atoms with E-state index in [0.717, 1.165) is 16.6 Å². The van der Waals surface area contributed by atoms with Gasteiger partial charge in [-0.3, -0.25) is 9.67 Å². The van der Waals surface area contributed by atoms with E-state index in [4.69, 9.17) is 9.52 Å². The third-order valence-corrected chi connectivity index (χ3v) is 3.36. The molecule has 0 saturated heterocycles. The fourth-order valence-electron chi connectivity index (χ4n) is 2.33. The van der Waals surface area contributed by atoms with Crippen molar-refractivity contribution in [3.8, 4) is 0 Å². The van der Waals surface area contributed by atoms with Gasteiger partial charge in [0.05, 0.1) is 11.9 Å². The van der Waals surface area contributed by atoms with Crippen LogP contribution in [0.3, 0.4) is 0 Å². The predicted molar refractivity (Wildman–Crippen MR) is 71.8 cm³/mol. The summed E-state index contributed by atoms with van der Waals surface area (Å²) >= 11 is 0. The number of furan rings is 1.